The van der Waals surface area contributed by atoms with E-state index >= 15 is 0 Å². The molecule has 1 N–H and O–H groups in total. The lowest BCUT2D eigenvalue weighted by Crippen LogP contribution is -2.49. The lowest BCUT2D eigenvalue weighted by Gasteiger charge is -2.39. The first-order valence-corrected chi connectivity index (χ1v) is 8.37. The van der Waals surface area contributed by atoms with E-state index in [4.69, 9.17) is 4.74 Å². The summed E-state index contributed by atoms with van der Waals surface area (Å²) in [5, 5.41) is 3.80. The van der Waals surface area contributed by atoms with E-state index in [1.165, 1.54) is 51.6 Å². The standard InChI is InChI=1S/C16H30N2O/c1-2-15-11-18(9-10-19-15)13-16(7-3-4-8-16)12-17-14-5-6-14/h14-15,17H,2-13H2,1H3. The van der Waals surface area contributed by atoms with Gasteiger partial charge < -0.3 is 10.1 Å². The van der Waals surface area contributed by atoms with Crippen molar-refractivity contribution in [1.82, 2.24) is 10.2 Å². The van der Waals surface area contributed by atoms with E-state index in [-0.39, 0.29) is 0 Å². The average Bonchev–Trinajstić information content (AvgIpc) is 3.17. The van der Waals surface area contributed by atoms with Crippen LogP contribution in [0.3, 0.4) is 0 Å². The summed E-state index contributed by atoms with van der Waals surface area (Å²) in [5.41, 5.74) is 0.568. The first-order chi connectivity index (χ1) is 9.30. The zero-order valence-corrected chi connectivity index (χ0v) is 12.5. The van der Waals surface area contributed by atoms with Crippen LogP contribution in [0.5, 0.6) is 0 Å². The number of nitrogens with zero attached hydrogens (tertiary/aromatic N) is 1. The normalized spacial score (nSPS) is 31.7. The number of ether oxygens (including phenoxy) is 1. The minimum atomic E-state index is 0.476. The van der Waals surface area contributed by atoms with Crippen LogP contribution in [-0.2, 0) is 4.74 Å². The quantitative estimate of drug-likeness (QED) is 0.799. The van der Waals surface area contributed by atoms with E-state index in [2.05, 4.69) is 17.1 Å². The molecule has 19 heavy (non-hydrogen) atoms. The Kier molecular flexibility index (Phi) is 4.45. The summed E-state index contributed by atoms with van der Waals surface area (Å²) in [6, 6.07) is 0.852. The SMILES string of the molecule is CCC1CN(CC2(CNC3CC3)CCCC2)CCO1. The summed E-state index contributed by atoms with van der Waals surface area (Å²) < 4.78 is 5.81. The van der Waals surface area contributed by atoms with Gasteiger partial charge in [-0.05, 0) is 37.5 Å². The zero-order valence-electron chi connectivity index (χ0n) is 12.5. The third kappa shape index (κ3) is 3.71. The van der Waals surface area contributed by atoms with Gasteiger partial charge in [0, 0.05) is 32.2 Å². The molecule has 0 bridgehead atoms. The molecule has 1 unspecified atom stereocenters. The molecule has 3 aliphatic rings. The van der Waals surface area contributed by atoms with Gasteiger partial charge in [0.1, 0.15) is 0 Å². The van der Waals surface area contributed by atoms with Gasteiger partial charge in [-0.1, -0.05) is 19.8 Å². The summed E-state index contributed by atoms with van der Waals surface area (Å²) in [4.78, 5) is 2.68. The van der Waals surface area contributed by atoms with Gasteiger partial charge in [-0.25, -0.2) is 0 Å². The highest BCUT2D eigenvalue weighted by atomic mass is 16.5. The van der Waals surface area contributed by atoms with Crippen molar-refractivity contribution in [2.75, 3.05) is 32.8 Å². The summed E-state index contributed by atoms with van der Waals surface area (Å²) in [7, 11) is 0. The fraction of sp³-hybridized carbons (Fsp3) is 1.00. The molecule has 2 saturated carbocycles. The fourth-order valence-electron chi connectivity index (χ4n) is 3.81. The molecule has 2 aliphatic carbocycles. The second-order valence-corrected chi connectivity index (χ2v) is 7.00. The molecule has 0 aromatic carbocycles. The van der Waals surface area contributed by atoms with Crippen molar-refractivity contribution in [3.05, 3.63) is 0 Å². The highest BCUT2D eigenvalue weighted by Crippen LogP contribution is 2.39. The van der Waals surface area contributed by atoms with Crippen LogP contribution in [-0.4, -0.2) is 49.8 Å². The van der Waals surface area contributed by atoms with Gasteiger partial charge in [-0.15, -0.1) is 0 Å². The van der Waals surface area contributed by atoms with Crippen molar-refractivity contribution in [2.45, 2.75) is 64.0 Å². The predicted octanol–water partition coefficient (Wildman–Crippen LogP) is 2.41. The molecule has 3 nitrogen and oxygen atoms in total. The molecule has 3 rings (SSSR count). The Morgan fingerprint density at radius 3 is 2.74 bits per heavy atom. The van der Waals surface area contributed by atoms with Crippen molar-refractivity contribution in [3.8, 4) is 0 Å². The molecule has 0 aromatic heterocycles. The number of morpholine rings is 1. The third-order valence-corrected chi connectivity index (χ3v) is 5.24. The first kappa shape index (κ1) is 13.8. The Balaban J connectivity index is 1.53. The van der Waals surface area contributed by atoms with E-state index in [0.29, 0.717) is 11.5 Å². The van der Waals surface area contributed by atoms with Gasteiger partial charge in [0.2, 0.25) is 0 Å². The predicted molar refractivity (Wildman–Crippen MR) is 78.4 cm³/mol. The molecule has 0 aromatic rings. The van der Waals surface area contributed by atoms with E-state index in [1.807, 2.05) is 0 Å². The van der Waals surface area contributed by atoms with Gasteiger partial charge >= 0.3 is 0 Å². The molecular weight excluding hydrogens is 236 g/mol. The van der Waals surface area contributed by atoms with Crippen LogP contribution in [0.15, 0.2) is 0 Å². The second kappa shape index (κ2) is 6.11. The summed E-state index contributed by atoms with van der Waals surface area (Å²) in [6.45, 7) is 8.03. The van der Waals surface area contributed by atoms with Crippen molar-refractivity contribution in [2.24, 2.45) is 5.41 Å². The van der Waals surface area contributed by atoms with Crippen LogP contribution in [0.25, 0.3) is 0 Å². The van der Waals surface area contributed by atoms with Crippen LogP contribution in [0, 0.1) is 5.41 Å². The maximum atomic E-state index is 5.81. The second-order valence-electron chi connectivity index (χ2n) is 7.00. The molecule has 0 spiro atoms. The number of hydrogen-bond acceptors (Lipinski definition) is 3. The molecule has 1 heterocycles. The number of rotatable bonds is 6. The van der Waals surface area contributed by atoms with Gasteiger partial charge in [-0.3, -0.25) is 4.90 Å². The third-order valence-electron chi connectivity index (χ3n) is 5.24. The van der Waals surface area contributed by atoms with Gasteiger partial charge in [-0.2, -0.15) is 0 Å². The van der Waals surface area contributed by atoms with E-state index in [1.54, 1.807) is 0 Å². The molecule has 3 fully saturated rings. The highest BCUT2D eigenvalue weighted by Gasteiger charge is 2.37. The molecule has 0 radical (unpaired) electrons. The van der Waals surface area contributed by atoms with Crippen molar-refractivity contribution in [3.63, 3.8) is 0 Å². The Hall–Kier alpha value is -0.120. The van der Waals surface area contributed by atoms with Crippen LogP contribution in [0.1, 0.15) is 51.9 Å². The topological polar surface area (TPSA) is 24.5 Å². The Morgan fingerprint density at radius 1 is 1.26 bits per heavy atom. The minimum Gasteiger partial charge on any atom is -0.376 e. The molecule has 1 aliphatic heterocycles. The summed E-state index contributed by atoms with van der Waals surface area (Å²) in [5.74, 6) is 0. The maximum Gasteiger partial charge on any atom is 0.0700 e. The Morgan fingerprint density at radius 2 is 2.05 bits per heavy atom. The van der Waals surface area contributed by atoms with Crippen molar-refractivity contribution < 1.29 is 4.74 Å². The average molecular weight is 266 g/mol. The monoisotopic (exact) mass is 266 g/mol. The van der Waals surface area contributed by atoms with Gasteiger partial charge in [0.25, 0.3) is 0 Å². The smallest absolute Gasteiger partial charge is 0.0700 e. The highest BCUT2D eigenvalue weighted by molar-refractivity contribution is 4.93. The van der Waals surface area contributed by atoms with Crippen molar-refractivity contribution >= 4 is 0 Å². The van der Waals surface area contributed by atoms with Crippen molar-refractivity contribution in [1.29, 1.82) is 0 Å². The van der Waals surface area contributed by atoms with E-state index < -0.39 is 0 Å². The molecule has 110 valence electrons. The van der Waals surface area contributed by atoms with Crippen LogP contribution in [0.2, 0.25) is 0 Å². The van der Waals surface area contributed by atoms with E-state index in [9.17, 15) is 0 Å². The first-order valence-electron chi connectivity index (χ1n) is 8.37. The molecule has 0 amide bonds. The zero-order chi connectivity index (χ0) is 13.1. The summed E-state index contributed by atoms with van der Waals surface area (Å²) in [6.07, 6.45) is 10.2. The lowest BCUT2D eigenvalue weighted by atomic mass is 9.85. The van der Waals surface area contributed by atoms with Crippen LogP contribution in [0.4, 0.5) is 0 Å². The molecule has 3 heteroatoms. The Bertz CT molecular complexity index is 284. The van der Waals surface area contributed by atoms with Crippen LogP contribution >= 0.6 is 0 Å². The van der Waals surface area contributed by atoms with Gasteiger partial charge in [0.15, 0.2) is 0 Å². The van der Waals surface area contributed by atoms with E-state index in [0.717, 1.165) is 32.2 Å². The minimum absolute atomic E-state index is 0.476. The number of nitrogens with one attached hydrogen (secondary N) is 1. The summed E-state index contributed by atoms with van der Waals surface area (Å²) >= 11 is 0. The molecule has 1 saturated heterocycles. The fourth-order valence-corrected chi connectivity index (χ4v) is 3.81. The van der Waals surface area contributed by atoms with Gasteiger partial charge in [0.05, 0.1) is 12.7 Å². The van der Waals surface area contributed by atoms with Crippen LogP contribution < -0.4 is 5.32 Å². The maximum absolute atomic E-state index is 5.81. The molecular formula is C16H30N2O. The lowest BCUT2D eigenvalue weighted by molar-refractivity contribution is -0.0420. The molecule has 1 atom stereocenters. The largest absolute Gasteiger partial charge is 0.376 e. The Labute approximate surface area is 118 Å². The number of hydrogen-bond donors (Lipinski definition) is 1.